The van der Waals surface area contributed by atoms with E-state index < -0.39 is 5.97 Å². The molecule has 0 unspecified atom stereocenters. The molecule has 0 saturated heterocycles. The number of ether oxygens (including phenoxy) is 1. The van der Waals surface area contributed by atoms with Gasteiger partial charge >= 0.3 is 5.97 Å². The number of anilines is 1. The lowest BCUT2D eigenvalue weighted by Gasteiger charge is -2.18. The number of rotatable bonds is 5. The van der Waals surface area contributed by atoms with Crippen molar-refractivity contribution in [1.29, 1.82) is 0 Å². The summed E-state index contributed by atoms with van der Waals surface area (Å²) in [6.45, 7) is 2.15. The molecule has 0 aliphatic carbocycles. The van der Waals surface area contributed by atoms with Gasteiger partial charge in [0.15, 0.2) is 0 Å². The number of aromatic carboxylic acids is 1. The molecule has 106 valence electrons. The van der Waals surface area contributed by atoms with Gasteiger partial charge in [0.05, 0.1) is 13.7 Å². The molecule has 0 radical (unpaired) electrons. The van der Waals surface area contributed by atoms with E-state index in [1.165, 1.54) is 0 Å². The van der Waals surface area contributed by atoms with Crippen LogP contribution in [0.2, 0.25) is 0 Å². The predicted molar refractivity (Wildman–Crippen MR) is 75.5 cm³/mol. The average Bonchev–Trinajstić information content (AvgIpc) is 2.79. The Kier molecular flexibility index (Phi) is 3.98. The van der Waals surface area contributed by atoms with Crippen LogP contribution in [0.1, 0.15) is 21.9 Å². The molecule has 2 aromatic rings. The first-order valence-electron chi connectivity index (χ1n) is 6.19. The molecule has 0 atom stereocenters. The Morgan fingerprint density at radius 2 is 2.00 bits per heavy atom. The molecule has 0 bridgehead atoms. The van der Waals surface area contributed by atoms with Crippen LogP contribution in [0.15, 0.2) is 34.7 Å². The summed E-state index contributed by atoms with van der Waals surface area (Å²) in [7, 11) is 3.54. The number of hydrogen-bond donors (Lipinski definition) is 1. The van der Waals surface area contributed by atoms with Crippen LogP contribution in [0.3, 0.4) is 0 Å². The maximum absolute atomic E-state index is 11.0. The van der Waals surface area contributed by atoms with Crippen LogP contribution in [0.5, 0.6) is 5.75 Å². The van der Waals surface area contributed by atoms with Crippen molar-refractivity contribution in [3.63, 3.8) is 0 Å². The fourth-order valence-corrected chi connectivity index (χ4v) is 2.00. The Morgan fingerprint density at radius 1 is 1.35 bits per heavy atom. The van der Waals surface area contributed by atoms with E-state index in [4.69, 9.17) is 14.3 Å². The smallest absolute Gasteiger partial charge is 0.339 e. The molecule has 0 aliphatic heterocycles. The van der Waals surface area contributed by atoms with Crippen LogP contribution in [0.4, 0.5) is 5.69 Å². The van der Waals surface area contributed by atoms with Crippen molar-refractivity contribution >= 4 is 11.7 Å². The molecule has 0 fully saturated rings. The van der Waals surface area contributed by atoms with Gasteiger partial charge in [0.25, 0.3) is 0 Å². The number of carboxylic acids is 1. The van der Waals surface area contributed by atoms with Crippen LogP contribution in [-0.2, 0) is 6.54 Å². The summed E-state index contributed by atoms with van der Waals surface area (Å²) in [5.74, 6) is 0.877. The molecule has 1 heterocycles. The first-order valence-corrected chi connectivity index (χ1v) is 6.19. The van der Waals surface area contributed by atoms with Gasteiger partial charge in [-0.1, -0.05) is 0 Å². The minimum absolute atomic E-state index is 0.211. The lowest BCUT2D eigenvalue weighted by Crippen LogP contribution is -2.15. The van der Waals surface area contributed by atoms with Crippen LogP contribution >= 0.6 is 0 Å². The number of benzene rings is 1. The number of carboxylic acid groups (broad SMARTS) is 1. The highest BCUT2D eigenvalue weighted by Gasteiger charge is 2.14. The van der Waals surface area contributed by atoms with E-state index in [9.17, 15) is 4.79 Å². The fraction of sp³-hybridized carbons (Fsp3) is 0.267. The van der Waals surface area contributed by atoms with Gasteiger partial charge in [0.1, 0.15) is 22.8 Å². The molecule has 0 saturated carbocycles. The maximum atomic E-state index is 11.0. The molecule has 5 nitrogen and oxygen atoms in total. The zero-order valence-corrected chi connectivity index (χ0v) is 11.7. The molecule has 2 rings (SSSR count). The third-order valence-corrected chi connectivity index (χ3v) is 3.11. The molecule has 0 amide bonds. The predicted octanol–water partition coefficient (Wildman–Crippen LogP) is 2.93. The highest BCUT2D eigenvalue weighted by atomic mass is 16.5. The monoisotopic (exact) mass is 275 g/mol. The topological polar surface area (TPSA) is 62.9 Å². The van der Waals surface area contributed by atoms with E-state index in [1.807, 2.05) is 36.2 Å². The van der Waals surface area contributed by atoms with E-state index in [2.05, 4.69) is 0 Å². The molecule has 1 aromatic carbocycles. The molecule has 0 spiro atoms. The van der Waals surface area contributed by atoms with Gasteiger partial charge in [-0.25, -0.2) is 4.79 Å². The normalized spacial score (nSPS) is 10.3. The Bertz CT molecular complexity index is 601. The second-order valence-corrected chi connectivity index (χ2v) is 4.54. The molecular formula is C15H17NO4. The van der Waals surface area contributed by atoms with Crippen LogP contribution in [0, 0.1) is 6.92 Å². The van der Waals surface area contributed by atoms with Crippen LogP contribution in [0.25, 0.3) is 0 Å². The highest BCUT2D eigenvalue weighted by molar-refractivity contribution is 5.88. The van der Waals surface area contributed by atoms with Gasteiger partial charge in [-0.05, 0) is 37.3 Å². The number of hydrogen-bond acceptors (Lipinski definition) is 4. The molecular weight excluding hydrogens is 258 g/mol. The standard InChI is InChI=1S/C15H17NO4/c1-10-14(15(17)18)8-13(20-10)9-16(2)11-4-6-12(19-3)7-5-11/h4-8H,9H2,1-3H3,(H,17,18). The zero-order chi connectivity index (χ0) is 14.7. The van der Waals surface area contributed by atoms with E-state index in [0.717, 1.165) is 11.4 Å². The Hall–Kier alpha value is -2.43. The summed E-state index contributed by atoms with van der Waals surface area (Å²) >= 11 is 0. The fourth-order valence-electron chi connectivity index (χ4n) is 2.00. The third kappa shape index (κ3) is 2.93. The average molecular weight is 275 g/mol. The molecule has 0 aliphatic rings. The summed E-state index contributed by atoms with van der Waals surface area (Å²) in [5.41, 5.74) is 1.21. The number of methoxy groups -OCH3 is 1. The Balaban J connectivity index is 2.12. The van der Waals surface area contributed by atoms with Crippen molar-refractivity contribution in [2.24, 2.45) is 0 Å². The van der Waals surface area contributed by atoms with Gasteiger partial charge < -0.3 is 19.2 Å². The van der Waals surface area contributed by atoms with Gasteiger partial charge in [-0.2, -0.15) is 0 Å². The molecule has 1 aromatic heterocycles. The van der Waals surface area contributed by atoms with Crippen LogP contribution in [-0.4, -0.2) is 25.2 Å². The van der Waals surface area contributed by atoms with Crippen molar-refractivity contribution < 1.29 is 19.1 Å². The molecule has 20 heavy (non-hydrogen) atoms. The quantitative estimate of drug-likeness (QED) is 0.909. The number of carbonyl (C=O) groups is 1. The van der Waals surface area contributed by atoms with Gasteiger partial charge in [-0.15, -0.1) is 0 Å². The zero-order valence-electron chi connectivity index (χ0n) is 11.7. The second-order valence-electron chi connectivity index (χ2n) is 4.54. The van der Waals surface area contributed by atoms with E-state index in [-0.39, 0.29) is 5.56 Å². The van der Waals surface area contributed by atoms with Gasteiger partial charge in [-0.3, -0.25) is 0 Å². The van der Waals surface area contributed by atoms with Crippen molar-refractivity contribution in [1.82, 2.24) is 0 Å². The first kappa shape index (κ1) is 14.0. The third-order valence-electron chi connectivity index (χ3n) is 3.11. The molecule has 5 heteroatoms. The van der Waals surface area contributed by atoms with Gasteiger partial charge in [0, 0.05) is 12.7 Å². The summed E-state index contributed by atoms with van der Waals surface area (Å²) in [5, 5.41) is 9.00. The summed E-state index contributed by atoms with van der Waals surface area (Å²) in [6.07, 6.45) is 0. The lowest BCUT2D eigenvalue weighted by molar-refractivity contribution is 0.0695. The Morgan fingerprint density at radius 3 is 2.50 bits per heavy atom. The summed E-state index contributed by atoms with van der Waals surface area (Å²) in [4.78, 5) is 12.9. The maximum Gasteiger partial charge on any atom is 0.339 e. The Labute approximate surface area is 117 Å². The lowest BCUT2D eigenvalue weighted by atomic mass is 10.2. The van der Waals surface area contributed by atoms with E-state index >= 15 is 0 Å². The highest BCUT2D eigenvalue weighted by Crippen LogP contribution is 2.21. The van der Waals surface area contributed by atoms with Crippen LogP contribution < -0.4 is 9.64 Å². The SMILES string of the molecule is COc1ccc(N(C)Cc2cc(C(=O)O)c(C)o2)cc1. The number of nitrogens with zero attached hydrogens (tertiary/aromatic N) is 1. The molecule has 1 N–H and O–H groups in total. The largest absolute Gasteiger partial charge is 0.497 e. The minimum atomic E-state index is -0.968. The second kappa shape index (κ2) is 5.69. The minimum Gasteiger partial charge on any atom is -0.497 e. The van der Waals surface area contributed by atoms with Gasteiger partial charge in [0.2, 0.25) is 0 Å². The van der Waals surface area contributed by atoms with Crippen molar-refractivity contribution in [2.45, 2.75) is 13.5 Å². The number of furan rings is 1. The first-order chi connectivity index (χ1) is 9.51. The number of aryl methyl sites for hydroxylation is 1. The van der Waals surface area contributed by atoms with Crippen molar-refractivity contribution in [2.75, 3.05) is 19.1 Å². The van der Waals surface area contributed by atoms with Crippen molar-refractivity contribution in [3.8, 4) is 5.75 Å². The van der Waals surface area contributed by atoms with E-state index in [1.54, 1.807) is 20.1 Å². The summed E-state index contributed by atoms with van der Waals surface area (Å²) < 4.78 is 10.6. The van der Waals surface area contributed by atoms with E-state index in [0.29, 0.717) is 18.1 Å². The summed E-state index contributed by atoms with van der Waals surface area (Å²) in [6, 6.07) is 9.20. The van der Waals surface area contributed by atoms with Crippen molar-refractivity contribution in [3.05, 3.63) is 47.4 Å².